The van der Waals surface area contributed by atoms with Gasteiger partial charge in [-0.15, -0.1) is 0 Å². The molecule has 0 N–H and O–H groups in total. The quantitative estimate of drug-likeness (QED) is 0.185. The molecule has 0 aliphatic heterocycles. The molecule has 226 valence electrons. The first-order chi connectivity index (χ1) is 23.8. The Kier molecular flexibility index (Phi) is 6.84. The highest BCUT2D eigenvalue weighted by molar-refractivity contribution is 6.07. The number of benzene rings is 8. The van der Waals surface area contributed by atoms with Gasteiger partial charge in [0.1, 0.15) is 11.2 Å². The van der Waals surface area contributed by atoms with Crippen molar-refractivity contribution in [3.8, 4) is 33.4 Å². The van der Waals surface area contributed by atoms with Gasteiger partial charge in [-0.05, 0) is 81.1 Å². The SMILES string of the molecule is c1ccc(-c2ccc(-c3ccccc3N(c3cccc(-c4cccc5ccccc45)c3)c3ccc4oc5ccccc5c4c3)cc2)cc1. The highest BCUT2D eigenvalue weighted by Crippen LogP contribution is 2.44. The van der Waals surface area contributed by atoms with Gasteiger partial charge in [0.25, 0.3) is 0 Å². The lowest BCUT2D eigenvalue weighted by atomic mass is 9.96. The van der Waals surface area contributed by atoms with Gasteiger partial charge in [-0.25, -0.2) is 0 Å². The molecule has 0 fully saturated rings. The molecule has 0 amide bonds. The van der Waals surface area contributed by atoms with Gasteiger partial charge in [-0.2, -0.15) is 0 Å². The van der Waals surface area contributed by atoms with E-state index in [2.05, 4.69) is 181 Å². The highest BCUT2D eigenvalue weighted by Gasteiger charge is 2.19. The first-order valence-electron chi connectivity index (χ1n) is 16.3. The molecule has 9 aromatic rings. The number of fused-ring (bicyclic) bond motifs is 4. The number of anilines is 3. The first-order valence-corrected chi connectivity index (χ1v) is 16.3. The van der Waals surface area contributed by atoms with Crippen LogP contribution in [0.3, 0.4) is 0 Å². The normalized spacial score (nSPS) is 11.3. The van der Waals surface area contributed by atoms with Crippen molar-refractivity contribution in [3.63, 3.8) is 0 Å². The number of furan rings is 1. The monoisotopic (exact) mass is 613 g/mol. The van der Waals surface area contributed by atoms with Crippen LogP contribution in [0.15, 0.2) is 192 Å². The Morgan fingerprint density at radius 3 is 1.83 bits per heavy atom. The van der Waals surface area contributed by atoms with E-state index in [1.54, 1.807) is 0 Å². The summed E-state index contributed by atoms with van der Waals surface area (Å²) in [5.41, 5.74) is 12.2. The Morgan fingerprint density at radius 1 is 0.333 bits per heavy atom. The zero-order valence-corrected chi connectivity index (χ0v) is 26.3. The second-order valence-electron chi connectivity index (χ2n) is 12.2. The lowest BCUT2D eigenvalue weighted by molar-refractivity contribution is 0.669. The number of rotatable bonds is 6. The molecular formula is C46H31NO. The maximum absolute atomic E-state index is 6.24. The van der Waals surface area contributed by atoms with Gasteiger partial charge in [-0.3, -0.25) is 0 Å². The summed E-state index contributed by atoms with van der Waals surface area (Å²) in [4.78, 5) is 2.39. The molecule has 0 atom stereocenters. The minimum absolute atomic E-state index is 0.884. The molecule has 0 spiro atoms. The molecule has 48 heavy (non-hydrogen) atoms. The molecule has 9 rings (SSSR count). The van der Waals surface area contributed by atoms with Crippen LogP contribution >= 0.6 is 0 Å². The zero-order chi connectivity index (χ0) is 31.9. The number of hydrogen-bond donors (Lipinski definition) is 0. The molecule has 0 aliphatic carbocycles. The third-order valence-electron chi connectivity index (χ3n) is 9.27. The minimum atomic E-state index is 0.884. The summed E-state index contributed by atoms with van der Waals surface area (Å²) in [6, 6.07) is 67.0. The Bertz CT molecular complexity index is 2560. The van der Waals surface area contributed by atoms with Crippen LogP contribution in [-0.4, -0.2) is 0 Å². The molecule has 1 aromatic heterocycles. The van der Waals surface area contributed by atoms with Gasteiger partial charge < -0.3 is 9.32 Å². The number of para-hydroxylation sites is 2. The van der Waals surface area contributed by atoms with Gasteiger partial charge in [0.05, 0.1) is 5.69 Å². The fourth-order valence-electron chi connectivity index (χ4n) is 6.96. The van der Waals surface area contributed by atoms with Crippen molar-refractivity contribution in [2.45, 2.75) is 0 Å². The van der Waals surface area contributed by atoms with Gasteiger partial charge in [0, 0.05) is 27.7 Å². The summed E-state index contributed by atoms with van der Waals surface area (Å²) in [6.45, 7) is 0. The molecule has 0 saturated carbocycles. The lowest BCUT2D eigenvalue weighted by Crippen LogP contribution is -2.11. The first kappa shape index (κ1) is 27.9. The summed E-state index contributed by atoms with van der Waals surface area (Å²) in [7, 11) is 0. The molecule has 0 unspecified atom stereocenters. The fourth-order valence-corrected chi connectivity index (χ4v) is 6.96. The van der Waals surface area contributed by atoms with Crippen molar-refractivity contribution < 1.29 is 4.42 Å². The number of nitrogens with zero attached hydrogens (tertiary/aromatic N) is 1. The molecule has 0 radical (unpaired) electrons. The lowest BCUT2D eigenvalue weighted by Gasteiger charge is -2.28. The van der Waals surface area contributed by atoms with E-state index in [1.165, 1.54) is 33.0 Å². The molecule has 8 aromatic carbocycles. The van der Waals surface area contributed by atoms with Crippen LogP contribution in [-0.2, 0) is 0 Å². The fraction of sp³-hybridized carbons (Fsp3) is 0. The van der Waals surface area contributed by atoms with Crippen LogP contribution < -0.4 is 4.90 Å². The van der Waals surface area contributed by atoms with E-state index in [4.69, 9.17) is 4.42 Å². The van der Waals surface area contributed by atoms with Crippen LogP contribution in [0.1, 0.15) is 0 Å². The van der Waals surface area contributed by atoms with Crippen LogP contribution in [0.5, 0.6) is 0 Å². The second kappa shape index (κ2) is 11.8. The summed E-state index contributed by atoms with van der Waals surface area (Å²) in [6.07, 6.45) is 0. The topological polar surface area (TPSA) is 16.4 Å². The summed E-state index contributed by atoms with van der Waals surface area (Å²) in [5.74, 6) is 0. The molecule has 0 aliphatic rings. The predicted octanol–water partition coefficient (Wildman–Crippen LogP) is 13.2. The Morgan fingerprint density at radius 2 is 0.938 bits per heavy atom. The maximum atomic E-state index is 6.24. The van der Waals surface area contributed by atoms with Crippen LogP contribution in [0.4, 0.5) is 17.1 Å². The van der Waals surface area contributed by atoms with Gasteiger partial charge in [-0.1, -0.05) is 146 Å². The van der Waals surface area contributed by atoms with Crippen molar-refractivity contribution in [1.82, 2.24) is 0 Å². The Hall–Kier alpha value is -6.38. The van der Waals surface area contributed by atoms with Crippen molar-refractivity contribution in [2.24, 2.45) is 0 Å². The Balaban J connectivity index is 1.24. The van der Waals surface area contributed by atoms with Crippen molar-refractivity contribution >= 4 is 49.8 Å². The average molecular weight is 614 g/mol. The summed E-state index contributed by atoms with van der Waals surface area (Å²) < 4.78 is 6.24. The van der Waals surface area contributed by atoms with Crippen molar-refractivity contribution in [3.05, 3.63) is 188 Å². The third-order valence-corrected chi connectivity index (χ3v) is 9.27. The largest absolute Gasteiger partial charge is 0.456 e. The van der Waals surface area contributed by atoms with E-state index in [0.29, 0.717) is 0 Å². The van der Waals surface area contributed by atoms with Crippen molar-refractivity contribution in [1.29, 1.82) is 0 Å². The standard InChI is InChI=1S/C46H31NO/c1-2-12-32(13-3-1)33-24-26-35(27-25-33)41-19-6-8-22-44(41)47(38-28-29-46-43(31-38)42-20-7-9-23-45(42)48-46)37-17-10-16-36(30-37)40-21-11-15-34-14-4-5-18-39(34)40/h1-31H. The molecular weight excluding hydrogens is 583 g/mol. The van der Waals surface area contributed by atoms with Gasteiger partial charge in [0.15, 0.2) is 0 Å². The highest BCUT2D eigenvalue weighted by atomic mass is 16.3. The van der Waals surface area contributed by atoms with Gasteiger partial charge >= 0.3 is 0 Å². The van der Waals surface area contributed by atoms with Gasteiger partial charge in [0.2, 0.25) is 0 Å². The van der Waals surface area contributed by atoms with E-state index in [-0.39, 0.29) is 0 Å². The van der Waals surface area contributed by atoms with Crippen LogP contribution in [0.25, 0.3) is 66.1 Å². The van der Waals surface area contributed by atoms with E-state index < -0.39 is 0 Å². The van der Waals surface area contributed by atoms with E-state index >= 15 is 0 Å². The van der Waals surface area contributed by atoms with Crippen LogP contribution in [0, 0.1) is 0 Å². The molecule has 1 heterocycles. The summed E-state index contributed by atoms with van der Waals surface area (Å²) >= 11 is 0. The minimum Gasteiger partial charge on any atom is -0.456 e. The van der Waals surface area contributed by atoms with E-state index in [0.717, 1.165) is 50.1 Å². The van der Waals surface area contributed by atoms with E-state index in [9.17, 15) is 0 Å². The third kappa shape index (κ3) is 4.92. The molecule has 2 heteroatoms. The molecule has 0 saturated heterocycles. The molecule has 0 bridgehead atoms. The Labute approximate surface area is 279 Å². The van der Waals surface area contributed by atoms with Crippen LogP contribution in [0.2, 0.25) is 0 Å². The van der Waals surface area contributed by atoms with Crippen molar-refractivity contribution in [2.75, 3.05) is 4.90 Å². The second-order valence-corrected chi connectivity index (χ2v) is 12.2. The predicted molar refractivity (Wildman–Crippen MR) is 202 cm³/mol. The van der Waals surface area contributed by atoms with E-state index in [1.807, 2.05) is 12.1 Å². The number of hydrogen-bond acceptors (Lipinski definition) is 2. The smallest absolute Gasteiger partial charge is 0.135 e. The summed E-state index contributed by atoms with van der Waals surface area (Å²) in [5, 5.41) is 4.69. The maximum Gasteiger partial charge on any atom is 0.135 e. The molecule has 2 nitrogen and oxygen atoms in total. The zero-order valence-electron chi connectivity index (χ0n) is 26.3. The average Bonchev–Trinajstić information content (AvgIpc) is 3.54.